The Morgan fingerprint density at radius 2 is 2.09 bits per heavy atom. The van der Waals surface area contributed by atoms with Crippen molar-refractivity contribution >= 4 is 11.8 Å². The number of aliphatic hydroxyl groups is 1. The Bertz CT molecular complexity index is 78.5. The molecule has 0 aliphatic heterocycles. The smallest absolute Gasteiger partial charge is 0.0431 e. The Labute approximate surface area is 73.6 Å². The number of thioether (sulfide) groups is 1. The predicted molar refractivity (Wildman–Crippen MR) is 51.9 cm³/mol. The highest BCUT2D eigenvalue weighted by Gasteiger charge is 1.93. The van der Waals surface area contributed by atoms with Crippen molar-refractivity contribution in [2.24, 2.45) is 5.73 Å². The molecular formula is C8H19NOS. The maximum Gasteiger partial charge on any atom is 0.0431 e. The van der Waals surface area contributed by atoms with Gasteiger partial charge < -0.3 is 10.8 Å². The van der Waals surface area contributed by atoms with E-state index in [0.29, 0.717) is 12.6 Å². The number of nitrogens with two attached hydrogens (primary N) is 1. The van der Waals surface area contributed by atoms with Gasteiger partial charge in [-0.3, -0.25) is 0 Å². The van der Waals surface area contributed by atoms with Crippen LogP contribution in [0.1, 0.15) is 26.2 Å². The second kappa shape index (κ2) is 8.37. The van der Waals surface area contributed by atoms with Crippen molar-refractivity contribution in [1.82, 2.24) is 0 Å². The number of hydrogen-bond acceptors (Lipinski definition) is 3. The van der Waals surface area contributed by atoms with Crippen LogP contribution in [-0.4, -0.2) is 29.3 Å². The molecule has 11 heavy (non-hydrogen) atoms. The van der Waals surface area contributed by atoms with E-state index >= 15 is 0 Å². The number of rotatable bonds is 7. The van der Waals surface area contributed by atoms with Gasteiger partial charge in [0.2, 0.25) is 0 Å². The highest BCUT2D eigenvalue weighted by Crippen LogP contribution is 2.06. The van der Waals surface area contributed by atoms with Crippen molar-refractivity contribution in [2.45, 2.75) is 32.2 Å². The topological polar surface area (TPSA) is 46.2 Å². The maximum absolute atomic E-state index is 8.48. The Morgan fingerprint density at radius 1 is 1.36 bits per heavy atom. The molecule has 0 bridgehead atoms. The van der Waals surface area contributed by atoms with Crippen molar-refractivity contribution in [3.63, 3.8) is 0 Å². The lowest BCUT2D eigenvalue weighted by atomic mass is 10.3. The van der Waals surface area contributed by atoms with Gasteiger partial charge in [-0.15, -0.1) is 0 Å². The van der Waals surface area contributed by atoms with Crippen molar-refractivity contribution in [3.8, 4) is 0 Å². The minimum absolute atomic E-state index is 0.327. The van der Waals surface area contributed by atoms with E-state index in [2.05, 4.69) is 0 Å². The lowest BCUT2D eigenvalue weighted by Crippen LogP contribution is -2.15. The zero-order valence-corrected chi connectivity index (χ0v) is 8.07. The molecule has 1 atom stereocenters. The van der Waals surface area contributed by atoms with Gasteiger partial charge >= 0.3 is 0 Å². The van der Waals surface area contributed by atoms with Crippen molar-refractivity contribution in [2.75, 3.05) is 18.1 Å². The van der Waals surface area contributed by atoms with Gasteiger partial charge in [-0.05, 0) is 37.7 Å². The van der Waals surface area contributed by atoms with E-state index < -0.39 is 0 Å². The van der Waals surface area contributed by atoms with Crippen LogP contribution in [0.15, 0.2) is 0 Å². The first-order valence-corrected chi connectivity index (χ1v) is 5.37. The van der Waals surface area contributed by atoms with Crippen LogP contribution in [0.5, 0.6) is 0 Å². The standard InChI is InChI=1S/C8H19NOS/c1-8(9)4-7-11-6-3-2-5-10/h8,10H,2-7,9H2,1H3. The molecule has 0 aliphatic carbocycles. The SMILES string of the molecule is CC(N)CCSCCCCO. The van der Waals surface area contributed by atoms with Crippen molar-refractivity contribution in [1.29, 1.82) is 0 Å². The molecule has 0 amide bonds. The molecule has 0 fully saturated rings. The third-order valence-electron chi connectivity index (χ3n) is 1.41. The third-order valence-corrected chi connectivity index (χ3v) is 2.52. The number of unbranched alkanes of at least 4 members (excludes halogenated alkanes) is 1. The van der Waals surface area contributed by atoms with Crippen molar-refractivity contribution < 1.29 is 5.11 Å². The van der Waals surface area contributed by atoms with E-state index in [9.17, 15) is 0 Å². The van der Waals surface area contributed by atoms with Crippen LogP contribution >= 0.6 is 11.8 Å². The summed E-state index contributed by atoms with van der Waals surface area (Å²) in [5, 5.41) is 8.48. The summed E-state index contributed by atoms with van der Waals surface area (Å²) in [5.74, 6) is 2.32. The largest absolute Gasteiger partial charge is 0.396 e. The van der Waals surface area contributed by atoms with Crippen LogP contribution < -0.4 is 5.73 Å². The summed E-state index contributed by atoms with van der Waals surface area (Å²) in [6, 6.07) is 0.334. The number of hydrogen-bond donors (Lipinski definition) is 2. The van der Waals surface area contributed by atoms with Gasteiger partial charge in [-0.2, -0.15) is 11.8 Å². The summed E-state index contributed by atoms with van der Waals surface area (Å²) in [5.41, 5.74) is 5.58. The Hall–Kier alpha value is 0.270. The van der Waals surface area contributed by atoms with E-state index in [0.717, 1.165) is 30.8 Å². The van der Waals surface area contributed by atoms with Crippen LogP contribution in [0.25, 0.3) is 0 Å². The molecule has 0 radical (unpaired) electrons. The zero-order valence-electron chi connectivity index (χ0n) is 7.25. The van der Waals surface area contributed by atoms with Crippen molar-refractivity contribution in [3.05, 3.63) is 0 Å². The maximum atomic E-state index is 8.48. The van der Waals surface area contributed by atoms with Crippen LogP contribution in [0, 0.1) is 0 Å². The Morgan fingerprint density at radius 3 is 2.64 bits per heavy atom. The van der Waals surface area contributed by atoms with Crippen LogP contribution in [0.4, 0.5) is 0 Å². The second-order valence-corrected chi connectivity index (χ2v) is 4.03. The fraction of sp³-hybridized carbons (Fsp3) is 1.00. The normalized spacial score (nSPS) is 13.4. The minimum Gasteiger partial charge on any atom is -0.396 e. The first-order valence-electron chi connectivity index (χ1n) is 4.21. The molecule has 0 aromatic heterocycles. The second-order valence-electron chi connectivity index (χ2n) is 2.81. The first-order chi connectivity index (χ1) is 5.27. The quantitative estimate of drug-likeness (QED) is 0.575. The minimum atomic E-state index is 0.327. The highest BCUT2D eigenvalue weighted by atomic mass is 32.2. The average Bonchev–Trinajstić information content (AvgIpc) is 1.96. The molecule has 3 N–H and O–H groups in total. The zero-order chi connectivity index (χ0) is 8.53. The third kappa shape index (κ3) is 10.3. The summed E-state index contributed by atoms with van der Waals surface area (Å²) in [7, 11) is 0. The van der Waals surface area contributed by atoms with E-state index in [1.54, 1.807) is 0 Å². The summed E-state index contributed by atoms with van der Waals surface area (Å²) < 4.78 is 0. The molecular weight excluding hydrogens is 158 g/mol. The summed E-state index contributed by atoms with van der Waals surface area (Å²) >= 11 is 1.93. The van der Waals surface area contributed by atoms with Crippen LogP contribution in [0.3, 0.4) is 0 Å². The van der Waals surface area contributed by atoms with Gasteiger partial charge in [0, 0.05) is 12.6 Å². The van der Waals surface area contributed by atoms with Gasteiger partial charge in [-0.1, -0.05) is 0 Å². The lowest BCUT2D eigenvalue weighted by molar-refractivity contribution is 0.287. The summed E-state index contributed by atoms with van der Waals surface area (Å²) in [4.78, 5) is 0. The average molecular weight is 177 g/mol. The van der Waals surface area contributed by atoms with Gasteiger partial charge in [0.05, 0.1) is 0 Å². The molecule has 0 heterocycles. The van der Waals surface area contributed by atoms with Crippen LogP contribution in [0.2, 0.25) is 0 Å². The van der Waals surface area contributed by atoms with E-state index in [-0.39, 0.29) is 0 Å². The Balaban J connectivity index is 2.80. The lowest BCUT2D eigenvalue weighted by Gasteiger charge is -2.03. The van der Waals surface area contributed by atoms with Gasteiger partial charge in [0.1, 0.15) is 0 Å². The van der Waals surface area contributed by atoms with E-state index in [1.807, 2.05) is 18.7 Å². The molecule has 2 nitrogen and oxygen atoms in total. The van der Waals surface area contributed by atoms with E-state index in [1.165, 1.54) is 0 Å². The fourth-order valence-corrected chi connectivity index (χ4v) is 1.84. The summed E-state index contributed by atoms with van der Waals surface area (Å²) in [6.45, 7) is 2.36. The molecule has 0 saturated carbocycles. The molecule has 0 saturated heterocycles. The predicted octanol–water partition coefficient (Wildman–Crippen LogP) is 1.23. The number of aliphatic hydroxyl groups excluding tert-OH is 1. The summed E-state index contributed by atoms with van der Waals surface area (Å²) in [6.07, 6.45) is 3.16. The molecule has 0 rings (SSSR count). The molecule has 3 heteroatoms. The molecule has 68 valence electrons. The molecule has 0 aromatic carbocycles. The molecule has 1 unspecified atom stereocenters. The van der Waals surface area contributed by atoms with Gasteiger partial charge in [0.15, 0.2) is 0 Å². The highest BCUT2D eigenvalue weighted by molar-refractivity contribution is 7.99. The van der Waals surface area contributed by atoms with Gasteiger partial charge in [-0.25, -0.2) is 0 Å². The molecule has 0 aromatic rings. The molecule has 0 spiro atoms. The monoisotopic (exact) mass is 177 g/mol. The molecule has 0 aliphatic rings. The van der Waals surface area contributed by atoms with Gasteiger partial charge in [0.25, 0.3) is 0 Å². The Kier molecular flexibility index (Phi) is 8.57. The van der Waals surface area contributed by atoms with E-state index in [4.69, 9.17) is 10.8 Å². The first kappa shape index (κ1) is 11.3. The van der Waals surface area contributed by atoms with Crippen LogP contribution in [-0.2, 0) is 0 Å². The fourth-order valence-electron chi connectivity index (χ4n) is 0.687.